The largest absolute Gasteiger partial charge is 0.481 e. The smallest absolute Gasteiger partial charge is 0.374 e. The van der Waals surface area contributed by atoms with Crippen molar-refractivity contribution in [2.45, 2.75) is 82.3 Å². The van der Waals surface area contributed by atoms with Gasteiger partial charge in [-0.2, -0.15) is 0 Å². The van der Waals surface area contributed by atoms with E-state index in [9.17, 15) is 73.2 Å². The first kappa shape index (κ1) is 61.3. The monoisotopic (exact) mass is 1150 g/mol. The number of hydrogen-bond donors (Lipinski definition) is 11. The van der Waals surface area contributed by atoms with Crippen LogP contribution in [0.5, 0.6) is 0 Å². The number of urea groups is 1. The number of ketones is 1. The van der Waals surface area contributed by atoms with Crippen molar-refractivity contribution < 1.29 is 83.4 Å². The summed E-state index contributed by atoms with van der Waals surface area (Å²) in [5.41, 5.74) is 0.819. The van der Waals surface area contributed by atoms with Crippen LogP contribution >= 0.6 is 22.6 Å². The van der Waals surface area contributed by atoms with Gasteiger partial charge in [0, 0.05) is 87.8 Å². The summed E-state index contributed by atoms with van der Waals surface area (Å²) in [7, 11) is 0. The molecule has 1 aliphatic carbocycles. The summed E-state index contributed by atoms with van der Waals surface area (Å²) in [4.78, 5) is 141. The second-order valence-corrected chi connectivity index (χ2v) is 19.3. The van der Waals surface area contributed by atoms with Gasteiger partial charge in [-0.1, -0.05) is 18.2 Å². The summed E-state index contributed by atoms with van der Waals surface area (Å²) in [6.45, 7) is 1.64. The number of amides is 5. The molecule has 0 radical (unpaired) electrons. The van der Waals surface area contributed by atoms with Gasteiger partial charge in [0.2, 0.25) is 17.7 Å². The van der Waals surface area contributed by atoms with Crippen molar-refractivity contribution in [1.82, 2.24) is 46.2 Å². The lowest BCUT2D eigenvalue weighted by atomic mass is 9.81. The van der Waals surface area contributed by atoms with Gasteiger partial charge in [0.25, 0.3) is 5.78 Å². The van der Waals surface area contributed by atoms with Gasteiger partial charge in [-0.3, -0.25) is 58.0 Å². The molecular weight excluding hydrogens is 1080 g/mol. The van der Waals surface area contributed by atoms with Gasteiger partial charge in [-0.25, -0.2) is 14.4 Å². The molecule has 2 fully saturated rings. The lowest BCUT2D eigenvalue weighted by molar-refractivity contribution is -0.150. The van der Waals surface area contributed by atoms with Crippen LogP contribution in [-0.4, -0.2) is 225 Å². The Morgan fingerprint density at radius 1 is 0.575 bits per heavy atom. The highest BCUT2D eigenvalue weighted by molar-refractivity contribution is 14.1. The van der Waals surface area contributed by atoms with E-state index in [1.807, 2.05) is 34.5 Å². The fourth-order valence-corrected chi connectivity index (χ4v) is 9.03. The number of halogens is 1. The number of hydrogen-bond acceptors (Lipinski definition) is 15. The van der Waals surface area contributed by atoms with Crippen LogP contribution in [0.4, 0.5) is 4.79 Å². The molecule has 3 atom stereocenters. The maximum absolute atomic E-state index is 13.7. The Morgan fingerprint density at radius 2 is 1.08 bits per heavy atom. The highest BCUT2D eigenvalue weighted by atomic mass is 127. The standard InChI is InChI=1S/C46H68IN9O17/c47-32-6-2-1-5-31(32)23-35(43(68)48-14-4-3-7-34(44(69)70)52-46(73)51-33(12-13-37(58)59)41(66)45(71)72)50-42(67)30-10-8-29(9-11-30)24-49-36(57)25-53-15-17-54(26-38(60)61)19-21-56(28-40(64)65)22-20-55(18-16-53)27-39(62)63/h1-2,5-6,29-30,33-35H,3-4,7-28H2,(H,48,68)(H,49,57)(H,50,67)(H,58,59)(H,60,61)(H,62,63)(H,64,65)(H,69,70)(H,71,72)(H2,51,52,73)/t29?,30?,33-,34-,35-/m0/s1. The molecule has 1 aromatic carbocycles. The fourth-order valence-electron chi connectivity index (χ4n) is 8.42. The average Bonchev–Trinajstić information content (AvgIpc) is 3.32. The molecule has 406 valence electrons. The number of carbonyl (C=O) groups is 11. The summed E-state index contributed by atoms with van der Waals surface area (Å²) in [6, 6.07) is 2.02. The van der Waals surface area contributed by atoms with E-state index in [1.54, 1.807) is 14.7 Å². The third-order valence-electron chi connectivity index (χ3n) is 12.5. The van der Waals surface area contributed by atoms with Gasteiger partial charge in [0.05, 0.1) is 26.2 Å². The maximum atomic E-state index is 13.7. The minimum atomic E-state index is -1.91. The second-order valence-electron chi connectivity index (χ2n) is 18.1. The number of rotatable bonds is 28. The predicted octanol–water partition coefficient (Wildman–Crippen LogP) is -1.36. The van der Waals surface area contributed by atoms with Crippen molar-refractivity contribution in [3.8, 4) is 0 Å². The van der Waals surface area contributed by atoms with Gasteiger partial charge in [0.1, 0.15) is 18.1 Å². The molecule has 1 aromatic rings. The number of benzene rings is 1. The predicted molar refractivity (Wildman–Crippen MR) is 265 cm³/mol. The third kappa shape index (κ3) is 24.5. The quantitative estimate of drug-likeness (QED) is 0.0262. The van der Waals surface area contributed by atoms with Crippen LogP contribution in [0.15, 0.2) is 24.3 Å². The summed E-state index contributed by atoms with van der Waals surface area (Å²) in [5.74, 6) is -10.7. The van der Waals surface area contributed by atoms with E-state index >= 15 is 0 Å². The first-order valence-electron chi connectivity index (χ1n) is 24.0. The highest BCUT2D eigenvalue weighted by Crippen LogP contribution is 2.29. The minimum Gasteiger partial charge on any atom is -0.481 e. The summed E-state index contributed by atoms with van der Waals surface area (Å²) in [5, 5.41) is 68.9. The number of carbonyl (C=O) groups excluding carboxylic acids is 5. The maximum Gasteiger partial charge on any atom is 0.374 e. The van der Waals surface area contributed by atoms with Crippen LogP contribution in [0, 0.1) is 15.4 Å². The number of carboxylic acid groups (broad SMARTS) is 6. The zero-order valence-electron chi connectivity index (χ0n) is 40.5. The van der Waals surface area contributed by atoms with Crippen LogP contribution in [0.2, 0.25) is 0 Å². The highest BCUT2D eigenvalue weighted by Gasteiger charge is 2.32. The SMILES string of the molecule is O=C(O)CC[C@H](NC(=O)N[C@@H](CCCCNC(=O)[C@H](Cc1ccccc1I)NC(=O)C1CCC(CNC(=O)CN2CCN(CC(=O)O)CCN(CC(=O)O)CCN(CC(=O)O)CC2)CC1)C(=O)O)C(=O)C(=O)O. The van der Waals surface area contributed by atoms with Crippen LogP contribution in [0.3, 0.4) is 0 Å². The molecule has 0 bridgehead atoms. The van der Waals surface area contributed by atoms with E-state index in [4.69, 9.17) is 10.2 Å². The average molecular weight is 1150 g/mol. The van der Waals surface area contributed by atoms with Crippen molar-refractivity contribution in [3.63, 3.8) is 0 Å². The Hall–Kier alpha value is -6.04. The molecule has 1 saturated carbocycles. The number of aliphatic carboxylic acids is 6. The van der Waals surface area contributed by atoms with E-state index in [1.165, 1.54) is 0 Å². The first-order chi connectivity index (χ1) is 34.6. The molecule has 1 heterocycles. The van der Waals surface area contributed by atoms with Crippen LogP contribution < -0.4 is 26.6 Å². The van der Waals surface area contributed by atoms with E-state index in [-0.39, 0.29) is 115 Å². The zero-order valence-corrected chi connectivity index (χ0v) is 42.7. The minimum absolute atomic E-state index is 0.0336. The van der Waals surface area contributed by atoms with Crippen LogP contribution in [-0.2, 0) is 54.4 Å². The molecule has 1 saturated heterocycles. The van der Waals surface area contributed by atoms with Gasteiger partial charge in [-0.05, 0) is 91.5 Å². The summed E-state index contributed by atoms with van der Waals surface area (Å²) < 4.78 is 0.876. The molecule has 3 rings (SSSR count). The summed E-state index contributed by atoms with van der Waals surface area (Å²) in [6.07, 6.45) is 1.54. The van der Waals surface area contributed by atoms with E-state index in [0.29, 0.717) is 45.3 Å². The molecule has 2 aliphatic rings. The Bertz CT molecular complexity index is 2060. The third-order valence-corrected chi connectivity index (χ3v) is 13.5. The number of unbranched alkanes of at least 4 members (excludes halogenated alkanes) is 1. The molecule has 73 heavy (non-hydrogen) atoms. The van der Waals surface area contributed by atoms with Crippen LogP contribution in [0.1, 0.15) is 63.4 Å². The molecule has 0 unspecified atom stereocenters. The number of carboxylic acids is 6. The van der Waals surface area contributed by atoms with E-state index in [2.05, 4.69) is 43.9 Å². The summed E-state index contributed by atoms with van der Waals surface area (Å²) >= 11 is 2.14. The van der Waals surface area contributed by atoms with Crippen molar-refractivity contribution in [1.29, 1.82) is 0 Å². The molecular formula is C46H68IN9O17. The first-order valence-corrected chi connectivity index (χ1v) is 25.1. The Morgan fingerprint density at radius 3 is 1.56 bits per heavy atom. The molecule has 26 nitrogen and oxygen atoms in total. The fraction of sp³-hybridized carbons (Fsp3) is 0.630. The van der Waals surface area contributed by atoms with Gasteiger partial charge in [-0.15, -0.1) is 0 Å². The molecule has 1 aliphatic heterocycles. The Kier molecular flexibility index (Phi) is 27.0. The Balaban J connectivity index is 1.53. The lowest BCUT2D eigenvalue weighted by Crippen LogP contribution is -2.52. The molecule has 5 amide bonds. The normalized spacial score (nSPS) is 18.8. The zero-order chi connectivity index (χ0) is 54.0. The van der Waals surface area contributed by atoms with Crippen molar-refractivity contribution in [3.05, 3.63) is 33.4 Å². The van der Waals surface area contributed by atoms with Gasteiger partial charge < -0.3 is 57.2 Å². The van der Waals surface area contributed by atoms with Crippen LogP contribution in [0.25, 0.3) is 0 Å². The molecule has 27 heteroatoms. The number of Topliss-reactive ketones (excluding diaryl/α,β-unsaturated/α-hetero) is 1. The number of nitrogens with one attached hydrogen (secondary N) is 5. The second kappa shape index (κ2) is 32.2. The van der Waals surface area contributed by atoms with Gasteiger partial charge >= 0.3 is 41.8 Å². The van der Waals surface area contributed by atoms with Crippen molar-refractivity contribution >= 4 is 87.9 Å². The molecule has 11 N–H and O–H groups in total. The van der Waals surface area contributed by atoms with Crippen molar-refractivity contribution in [2.75, 3.05) is 91.6 Å². The van der Waals surface area contributed by atoms with E-state index < -0.39 is 90.4 Å². The number of nitrogens with zero attached hydrogens (tertiary/aromatic N) is 4. The lowest BCUT2D eigenvalue weighted by Gasteiger charge is -2.33. The Labute approximate surface area is 435 Å². The topological polar surface area (TPSA) is 382 Å². The molecule has 0 spiro atoms. The van der Waals surface area contributed by atoms with Gasteiger partial charge in [0.15, 0.2) is 0 Å². The van der Waals surface area contributed by atoms with E-state index in [0.717, 1.165) is 9.13 Å². The van der Waals surface area contributed by atoms with Crippen molar-refractivity contribution in [2.24, 2.45) is 11.8 Å². The molecule has 0 aromatic heterocycles.